The molecule has 0 saturated carbocycles. The fourth-order valence-electron chi connectivity index (χ4n) is 3.50. The smallest absolute Gasteiger partial charge is 0.261 e. The first kappa shape index (κ1) is 20.8. The summed E-state index contributed by atoms with van der Waals surface area (Å²) in [5, 5.41) is 3.03. The van der Waals surface area contributed by atoms with E-state index in [-0.39, 0.29) is 5.91 Å². The van der Waals surface area contributed by atoms with E-state index in [2.05, 4.69) is 48.6 Å². The molecule has 0 aromatic heterocycles. The third kappa shape index (κ3) is 6.03. The predicted octanol–water partition coefficient (Wildman–Crippen LogP) is 5.08. The largest absolute Gasteiger partial charge is 0.481 e. The minimum absolute atomic E-state index is 0.0174. The summed E-state index contributed by atoms with van der Waals surface area (Å²) in [6, 6.07) is 14.9. The van der Waals surface area contributed by atoms with Crippen LogP contribution in [0.5, 0.6) is 5.75 Å². The summed E-state index contributed by atoms with van der Waals surface area (Å²) in [5.41, 5.74) is 5.42. The van der Waals surface area contributed by atoms with Gasteiger partial charge >= 0.3 is 0 Å². The molecule has 1 aliphatic rings. The number of hydrogen-bond donors (Lipinski definition) is 1. The van der Waals surface area contributed by atoms with Crippen molar-refractivity contribution in [3.8, 4) is 5.75 Å². The monoisotopic (exact) mass is 397 g/mol. The number of benzene rings is 2. The zero-order valence-corrected chi connectivity index (χ0v) is 17.8. The summed E-state index contributed by atoms with van der Waals surface area (Å²) in [7, 11) is 0. The van der Waals surface area contributed by atoms with E-state index in [0.717, 1.165) is 30.1 Å². The number of nitrogens with one attached hydrogen (secondary N) is 1. The van der Waals surface area contributed by atoms with Gasteiger partial charge in [-0.05, 0) is 67.9 Å². The van der Waals surface area contributed by atoms with E-state index in [1.807, 2.05) is 24.8 Å². The van der Waals surface area contributed by atoms with E-state index < -0.39 is 6.10 Å². The molecular formula is C24H31NO2S. The molecule has 3 rings (SSSR count). The number of carbonyl (C=O) groups is 1. The van der Waals surface area contributed by atoms with Gasteiger partial charge in [-0.2, -0.15) is 11.8 Å². The van der Waals surface area contributed by atoms with Crippen LogP contribution < -0.4 is 10.1 Å². The Morgan fingerprint density at radius 3 is 2.61 bits per heavy atom. The second kappa shape index (κ2) is 10.6. The summed E-state index contributed by atoms with van der Waals surface area (Å²) < 4.78 is 6.01. The Labute approximate surface area is 173 Å². The first-order valence-electron chi connectivity index (χ1n) is 10.3. The molecule has 0 radical (unpaired) electrons. The maximum atomic E-state index is 12.5. The number of carbonyl (C=O) groups excluding carboxylic acids is 1. The van der Waals surface area contributed by atoms with Gasteiger partial charge in [0.15, 0.2) is 6.10 Å². The normalized spacial score (nSPS) is 14.2. The maximum Gasteiger partial charge on any atom is 0.261 e. The minimum atomic E-state index is -0.427. The van der Waals surface area contributed by atoms with Crippen LogP contribution in [-0.4, -0.2) is 24.3 Å². The standard InChI is InChI=1S/C24H31NO2S/c1-3-23(27-22-13-12-20-6-4-5-7-21(20)16-22)24(26)25-14-15-28-17-19-10-8-18(2)9-11-19/h8-13,16,23H,3-7,14-15,17H2,1-2H3,(H,25,26). The molecule has 28 heavy (non-hydrogen) atoms. The molecule has 150 valence electrons. The lowest BCUT2D eigenvalue weighted by atomic mass is 9.92. The van der Waals surface area contributed by atoms with Crippen molar-refractivity contribution in [2.24, 2.45) is 0 Å². The minimum Gasteiger partial charge on any atom is -0.481 e. The molecule has 1 atom stereocenters. The van der Waals surface area contributed by atoms with E-state index in [1.54, 1.807) is 0 Å². The topological polar surface area (TPSA) is 38.3 Å². The Morgan fingerprint density at radius 1 is 1.11 bits per heavy atom. The van der Waals surface area contributed by atoms with E-state index in [0.29, 0.717) is 13.0 Å². The van der Waals surface area contributed by atoms with Gasteiger partial charge < -0.3 is 10.1 Å². The van der Waals surface area contributed by atoms with E-state index in [4.69, 9.17) is 4.74 Å². The van der Waals surface area contributed by atoms with Crippen LogP contribution in [0.4, 0.5) is 0 Å². The van der Waals surface area contributed by atoms with Gasteiger partial charge in [0.25, 0.3) is 5.91 Å². The van der Waals surface area contributed by atoms with Crippen LogP contribution in [-0.2, 0) is 23.4 Å². The summed E-state index contributed by atoms with van der Waals surface area (Å²) >= 11 is 1.84. The number of hydrogen-bond acceptors (Lipinski definition) is 3. The number of rotatable bonds is 9. The molecule has 0 aliphatic heterocycles. The van der Waals surface area contributed by atoms with Gasteiger partial charge in [-0.25, -0.2) is 0 Å². The van der Waals surface area contributed by atoms with Gasteiger partial charge in [-0.1, -0.05) is 42.8 Å². The number of fused-ring (bicyclic) bond motifs is 1. The maximum absolute atomic E-state index is 12.5. The highest BCUT2D eigenvalue weighted by molar-refractivity contribution is 7.98. The van der Waals surface area contributed by atoms with Crippen LogP contribution in [0.15, 0.2) is 42.5 Å². The lowest BCUT2D eigenvalue weighted by Crippen LogP contribution is -2.39. The summed E-state index contributed by atoms with van der Waals surface area (Å²) in [6.07, 6.45) is 5.04. The van der Waals surface area contributed by atoms with Crippen LogP contribution in [0.1, 0.15) is 48.4 Å². The van der Waals surface area contributed by atoms with Crippen molar-refractivity contribution < 1.29 is 9.53 Å². The van der Waals surface area contributed by atoms with Crippen LogP contribution in [0.3, 0.4) is 0 Å². The Balaban J connectivity index is 1.41. The van der Waals surface area contributed by atoms with Crippen LogP contribution in [0.25, 0.3) is 0 Å². The zero-order valence-electron chi connectivity index (χ0n) is 17.0. The number of thioether (sulfide) groups is 1. The van der Waals surface area contributed by atoms with Gasteiger partial charge in [0.2, 0.25) is 0 Å². The molecule has 0 saturated heterocycles. The first-order chi connectivity index (χ1) is 13.7. The molecule has 0 heterocycles. The summed E-state index contributed by atoms with van der Waals surface area (Å²) in [5.74, 6) is 2.67. The zero-order chi connectivity index (χ0) is 19.8. The highest BCUT2D eigenvalue weighted by atomic mass is 32.2. The summed E-state index contributed by atoms with van der Waals surface area (Å²) in [4.78, 5) is 12.5. The van der Waals surface area contributed by atoms with Crippen LogP contribution in [0, 0.1) is 6.92 Å². The molecule has 2 aromatic carbocycles. The van der Waals surface area contributed by atoms with E-state index in [1.165, 1.54) is 35.1 Å². The molecule has 1 aliphatic carbocycles. The van der Waals surface area contributed by atoms with Gasteiger partial charge in [-0.3, -0.25) is 4.79 Å². The van der Waals surface area contributed by atoms with Crippen molar-refractivity contribution in [2.45, 2.75) is 57.8 Å². The third-order valence-corrected chi connectivity index (χ3v) is 6.23. The van der Waals surface area contributed by atoms with Crippen LogP contribution >= 0.6 is 11.8 Å². The molecule has 1 N–H and O–H groups in total. The van der Waals surface area contributed by atoms with Crippen molar-refractivity contribution in [1.29, 1.82) is 0 Å². The molecule has 3 nitrogen and oxygen atoms in total. The molecule has 1 amide bonds. The molecule has 0 spiro atoms. The lowest BCUT2D eigenvalue weighted by molar-refractivity contribution is -0.127. The molecule has 4 heteroatoms. The molecule has 1 unspecified atom stereocenters. The van der Waals surface area contributed by atoms with E-state index >= 15 is 0 Å². The molecular weight excluding hydrogens is 366 g/mol. The Kier molecular flexibility index (Phi) is 7.84. The van der Waals surface area contributed by atoms with Gasteiger partial charge in [0.1, 0.15) is 5.75 Å². The predicted molar refractivity (Wildman–Crippen MR) is 118 cm³/mol. The summed E-state index contributed by atoms with van der Waals surface area (Å²) in [6.45, 7) is 4.76. The lowest BCUT2D eigenvalue weighted by Gasteiger charge is -2.20. The SMILES string of the molecule is CCC(Oc1ccc2c(c1)CCCC2)C(=O)NCCSCc1ccc(C)cc1. The Bertz CT molecular complexity index is 773. The fourth-order valence-corrected chi connectivity index (χ4v) is 4.32. The molecule has 0 bridgehead atoms. The Morgan fingerprint density at radius 2 is 1.86 bits per heavy atom. The number of amides is 1. The second-order valence-electron chi connectivity index (χ2n) is 7.48. The third-order valence-electron chi connectivity index (χ3n) is 5.20. The van der Waals surface area contributed by atoms with Crippen molar-refractivity contribution in [1.82, 2.24) is 5.32 Å². The first-order valence-corrected chi connectivity index (χ1v) is 11.5. The van der Waals surface area contributed by atoms with Crippen molar-refractivity contribution in [3.63, 3.8) is 0 Å². The van der Waals surface area contributed by atoms with Crippen molar-refractivity contribution in [2.75, 3.05) is 12.3 Å². The van der Waals surface area contributed by atoms with Gasteiger partial charge in [0, 0.05) is 18.1 Å². The van der Waals surface area contributed by atoms with Crippen molar-refractivity contribution in [3.05, 3.63) is 64.7 Å². The molecule has 2 aromatic rings. The quantitative estimate of drug-likeness (QED) is 0.600. The van der Waals surface area contributed by atoms with Gasteiger partial charge in [-0.15, -0.1) is 0 Å². The number of aryl methyl sites for hydroxylation is 3. The fraction of sp³-hybridized carbons (Fsp3) is 0.458. The second-order valence-corrected chi connectivity index (χ2v) is 8.59. The molecule has 0 fully saturated rings. The highest BCUT2D eigenvalue weighted by Crippen LogP contribution is 2.26. The van der Waals surface area contributed by atoms with Crippen molar-refractivity contribution >= 4 is 17.7 Å². The number of ether oxygens (including phenoxy) is 1. The Hall–Kier alpha value is -1.94. The average Bonchev–Trinajstić information content (AvgIpc) is 2.72. The van der Waals surface area contributed by atoms with Crippen LogP contribution in [0.2, 0.25) is 0 Å². The highest BCUT2D eigenvalue weighted by Gasteiger charge is 2.19. The van der Waals surface area contributed by atoms with Gasteiger partial charge in [0.05, 0.1) is 0 Å². The average molecular weight is 398 g/mol. The van der Waals surface area contributed by atoms with E-state index in [9.17, 15) is 4.79 Å².